The largest absolute Gasteiger partial charge is 0.494 e. The summed E-state index contributed by atoms with van der Waals surface area (Å²) in [4.78, 5) is 17.9. The van der Waals surface area contributed by atoms with Gasteiger partial charge in [0, 0.05) is 22.1 Å². The van der Waals surface area contributed by atoms with Crippen LogP contribution in [0.25, 0.3) is 22.2 Å². The zero-order valence-corrected chi connectivity index (χ0v) is 23.5. The summed E-state index contributed by atoms with van der Waals surface area (Å²) < 4.78 is 34.9. The second kappa shape index (κ2) is 10.4. The van der Waals surface area contributed by atoms with Crippen molar-refractivity contribution in [2.75, 3.05) is 13.7 Å². The Morgan fingerprint density at radius 2 is 1.76 bits per heavy atom. The summed E-state index contributed by atoms with van der Waals surface area (Å²) in [5.74, 6) is -1.57. The van der Waals surface area contributed by atoms with Gasteiger partial charge in [-0.25, -0.2) is 13.8 Å². The zero-order chi connectivity index (χ0) is 29.7. The van der Waals surface area contributed by atoms with Gasteiger partial charge in [0.1, 0.15) is 28.4 Å². The highest BCUT2D eigenvalue weighted by Gasteiger charge is 2.48. The Morgan fingerprint density at radius 1 is 1.07 bits per heavy atom. The number of carbonyl (C=O) groups excluding carboxylic acids is 1. The molecule has 0 spiro atoms. The van der Waals surface area contributed by atoms with Gasteiger partial charge in [-0.05, 0) is 94.5 Å². The number of nitrogens with zero attached hydrogens (tertiary/aromatic N) is 3. The van der Waals surface area contributed by atoms with Crippen LogP contribution in [0, 0.1) is 31.4 Å². The Balaban J connectivity index is 1.56. The van der Waals surface area contributed by atoms with Crippen molar-refractivity contribution in [1.29, 1.82) is 0 Å². The van der Waals surface area contributed by atoms with Gasteiger partial charge in [-0.2, -0.15) is 5.10 Å². The molecule has 1 aliphatic carbocycles. The first kappa shape index (κ1) is 28.5. The Kier molecular flexibility index (Phi) is 7.25. The highest BCUT2D eigenvalue weighted by Crippen LogP contribution is 2.48. The number of benzene rings is 2. The highest BCUT2D eigenvalue weighted by atomic mass is 19.1. The number of rotatable bonds is 8. The minimum Gasteiger partial charge on any atom is -0.494 e. The Morgan fingerprint density at radius 3 is 2.37 bits per heavy atom. The fourth-order valence-corrected chi connectivity index (χ4v) is 5.41. The van der Waals surface area contributed by atoms with E-state index in [1.54, 1.807) is 32.0 Å². The molecule has 0 aliphatic heterocycles. The number of aromatic nitrogens is 3. The van der Waals surface area contributed by atoms with E-state index in [-0.39, 0.29) is 35.0 Å². The molecule has 0 radical (unpaired) electrons. The van der Waals surface area contributed by atoms with Crippen LogP contribution in [0.5, 0.6) is 5.75 Å². The number of amides is 1. The molecule has 5 rings (SSSR count). The Bertz CT molecular complexity index is 1650. The Labute approximate surface area is 236 Å². The summed E-state index contributed by atoms with van der Waals surface area (Å²) in [5.41, 5.74) is -1.20. The molecule has 1 saturated carbocycles. The number of aliphatic hydroxyl groups is 2. The van der Waals surface area contributed by atoms with Gasteiger partial charge < -0.3 is 20.3 Å². The van der Waals surface area contributed by atoms with Crippen LogP contribution in [0.3, 0.4) is 0 Å². The normalized spacial score (nSPS) is 15.0. The van der Waals surface area contributed by atoms with E-state index in [9.17, 15) is 19.4 Å². The number of hydrogen-bond acceptors (Lipinski definition) is 7. The molecule has 214 valence electrons. The van der Waals surface area contributed by atoms with Crippen LogP contribution in [0.1, 0.15) is 59.6 Å². The summed E-state index contributed by atoms with van der Waals surface area (Å²) in [5, 5.41) is 34.8. The van der Waals surface area contributed by atoms with Crippen LogP contribution in [0.2, 0.25) is 0 Å². The second-order valence-corrected chi connectivity index (χ2v) is 11.2. The second-order valence-electron chi connectivity index (χ2n) is 11.2. The molecule has 41 heavy (non-hydrogen) atoms. The first-order chi connectivity index (χ1) is 19.3. The Hall–Kier alpha value is -4.02. The van der Waals surface area contributed by atoms with Crippen LogP contribution >= 0.6 is 0 Å². The van der Waals surface area contributed by atoms with Crippen molar-refractivity contribution in [3.8, 4) is 17.0 Å². The van der Waals surface area contributed by atoms with Crippen LogP contribution in [-0.4, -0.2) is 45.0 Å². The molecule has 3 N–H and O–H groups in total. The number of hydrogen-bond donors (Lipinski definition) is 3. The van der Waals surface area contributed by atoms with Gasteiger partial charge in [0.15, 0.2) is 5.82 Å². The molecular weight excluding hydrogens is 530 g/mol. The van der Waals surface area contributed by atoms with Crippen LogP contribution in [0.15, 0.2) is 42.5 Å². The summed E-state index contributed by atoms with van der Waals surface area (Å²) in [6.45, 7) is 6.08. The lowest BCUT2D eigenvalue weighted by Crippen LogP contribution is -2.44. The minimum atomic E-state index is -1.66. The molecule has 1 fully saturated rings. The van der Waals surface area contributed by atoms with Crippen LogP contribution in [0.4, 0.5) is 8.78 Å². The molecule has 1 amide bonds. The number of pyridine rings is 1. The summed E-state index contributed by atoms with van der Waals surface area (Å²) in [6.07, 6.45) is 1.35. The van der Waals surface area contributed by atoms with E-state index in [2.05, 4.69) is 20.5 Å². The smallest absolute Gasteiger partial charge is 0.251 e. The summed E-state index contributed by atoms with van der Waals surface area (Å²) >= 11 is 0. The van der Waals surface area contributed by atoms with Crippen LogP contribution < -0.4 is 10.1 Å². The van der Waals surface area contributed by atoms with Gasteiger partial charge in [-0.15, -0.1) is 5.10 Å². The van der Waals surface area contributed by atoms with Gasteiger partial charge >= 0.3 is 0 Å². The van der Waals surface area contributed by atoms with Gasteiger partial charge in [0.25, 0.3) is 5.91 Å². The van der Waals surface area contributed by atoms with Crippen molar-refractivity contribution in [2.24, 2.45) is 5.92 Å². The van der Waals surface area contributed by atoms with E-state index in [0.29, 0.717) is 46.3 Å². The molecule has 1 aliphatic rings. The summed E-state index contributed by atoms with van der Waals surface area (Å²) in [7, 11) is 1.48. The van der Waals surface area contributed by atoms with E-state index >= 15 is 4.39 Å². The maximum Gasteiger partial charge on any atom is 0.251 e. The molecule has 8 nitrogen and oxygen atoms in total. The number of ether oxygens (including phenoxy) is 1. The number of nitrogens with one attached hydrogen (secondary N) is 1. The fraction of sp³-hybridized carbons (Fsp3) is 0.355. The molecule has 10 heteroatoms. The van der Waals surface area contributed by atoms with Gasteiger partial charge in [0.2, 0.25) is 0 Å². The van der Waals surface area contributed by atoms with Crippen molar-refractivity contribution in [1.82, 2.24) is 20.5 Å². The number of carbonyl (C=O) groups is 1. The van der Waals surface area contributed by atoms with E-state index in [1.807, 2.05) is 0 Å². The molecule has 1 atom stereocenters. The van der Waals surface area contributed by atoms with Crippen molar-refractivity contribution in [3.63, 3.8) is 0 Å². The molecule has 0 saturated heterocycles. The average Bonchev–Trinajstić information content (AvgIpc) is 3.77. The highest BCUT2D eigenvalue weighted by molar-refractivity contribution is 5.99. The zero-order valence-electron chi connectivity index (χ0n) is 23.5. The number of methoxy groups -OCH3 is 1. The predicted molar refractivity (Wildman–Crippen MR) is 149 cm³/mol. The maximum atomic E-state index is 15.9. The van der Waals surface area contributed by atoms with Crippen molar-refractivity contribution < 1.29 is 28.5 Å². The van der Waals surface area contributed by atoms with Gasteiger partial charge in [0.05, 0.1) is 30.6 Å². The van der Waals surface area contributed by atoms with E-state index in [1.165, 1.54) is 45.2 Å². The predicted octanol–water partition coefficient (Wildman–Crippen LogP) is 4.85. The van der Waals surface area contributed by atoms with Crippen molar-refractivity contribution in [3.05, 3.63) is 82.2 Å². The van der Waals surface area contributed by atoms with E-state index in [4.69, 9.17) is 4.74 Å². The molecule has 0 bridgehead atoms. The molecule has 2 aromatic carbocycles. The third-order valence-electron chi connectivity index (χ3n) is 7.55. The van der Waals surface area contributed by atoms with Gasteiger partial charge in [-0.1, -0.05) is 0 Å². The van der Waals surface area contributed by atoms with Crippen LogP contribution in [-0.2, 0) is 11.2 Å². The lowest BCUT2D eigenvalue weighted by molar-refractivity contribution is 0.00788. The van der Waals surface area contributed by atoms with E-state index in [0.717, 1.165) is 0 Å². The summed E-state index contributed by atoms with van der Waals surface area (Å²) in [6, 6.07) is 10.2. The minimum absolute atomic E-state index is 0.0250. The number of halogens is 2. The van der Waals surface area contributed by atoms with Gasteiger partial charge in [-0.3, -0.25) is 4.79 Å². The molecule has 2 aromatic heterocycles. The molecule has 4 aromatic rings. The maximum absolute atomic E-state index is 15.9. The number of aryl methyl sites for hydroxylation is 1. The third kappa shape index (κ3) is 5.37. The first-order valence-electron chi connectivity index (χ1n) is 13.4. The lowest BCUT2D eigenvalue weighted by atomic mass is 9.83. The standard InChI is InChI=1S/C31H32F2N4O4/c1-16-12-19-13-20(14-23(41-5)26(19)37-36-16)29(38)34-15-31(40,21-8-9-21)28-17(2)24(30(3,4)39)25(33)27(35-28)18-6-10-22(32)11-7-18/h6-7,10-14,21,39-40H,8-9,15H2,1-5H3,(H,34,38). The topological polar surface area (TPSA) is 117 Å². The van der Waals surface area contributed by atoms with Crippen molar-refractivity contribution in [2.45, 2.75) is 51.7 Å². The van der Waals surface area contributed by atoms with E-state index < -0.39 is 28.7 Å². The van der Waals surface area contributed by atoms with Crippen molar-refractivity contribution >= 4 is 16.8 Å². The SMILES string of the molecule is COc1cc(C(=O)NCC(O)(c2nc(-c3ccc(F)cc3)c(F)c(C(C)(C)O)c2C)C2CC2)cc2cc(C)nnc12. The molecular formula is C31H32F2N4O4. The number of fused-ring (bicyclic) bond motifs is 1. The fourth-order valence-electron chi connectivity index (χ4n) is 5.41. The first-order valence-corrected chi connectivity index (χ1v) is 13.4. The quantitative estimate of drug-likeness (QED) is 0.281. The monoisotopic (exact) mass is 562 g/mol. The average molecular weight is 563 g/mol. The third-order valence-corrected chi connectivity index (χ3v) is 7.55. The lowest BCUT2D eigenvalue weighted by Gasteiger charge is -2.33. The molecule has 2 heterocycles. The molecule has 1 unspecified atom stereocenters.